The van der Waals surface area contributed by atoms with Crippen LogP contribution in [0, 0.1) is 32.9 Å². The van der Waals surface area contributed by atoms with Crippen molar-refractivity contribution in [3.63, 3.8) is 0 Å². The van der Waals surface area contributed by atoms with E-state index in [4.69, 9.17) is 16.6 Å². The quantitative estimate of drug-likeness (QED) is 0.127. The van der Waals surface area contributed by atoms with Gasteiger partial charge in [-0.1, -0.05) is 80.3 Å². The van der Waals surface area contributed by atoms with Crippen LogP contribution in [0.2, 0.25) is 19.6 Å². The largest absolute Gasteiger partial charge is 0.486 e. The Labute approximate surface area is 356 Å². The summed E-state index contributed by atoms with van der Waals surface area (Å²) in [5.74, 6) is 1.21. The number of pyridine rings is 2. The fraction of sp³-hybridized carbons (Fsp3) is 0.180. The summed E-state index contributed by atoms with van der Waals surface area (Å²) in [4.78, 5) is 14.1. The van der Waals surface area contributed by atoms with Crippen LogP contribution in [0.5, 0.6) is 0 Å². The molecule has 10 aromatic rings. The van der Waals surface area contributed by atoms with Gasteiger partial charge < -0.3 is 18.4 Å². The molecule has 1 radical (unpaired) electrons. The Hall–Kier alpha value is -5.66. The molecule has 0 fully saturated rings. The van der Waals surface area contributed by atoms with Crippen molar-refractivity contribution in [2.75, 3.05) is 0 Å². The molecule has 5 aromatic heterocycles. The zero-order chi connectivity index (χ0) is 41.2. The maximum absolute atomic E-state index is 7.74. The summed E-state index contributed by atoms with van der Waals surface area (Å²) in [6, 6.07) is 41.1. The van der Waals surface area contributed by atoms with Crippen LogP contribution >= 0.6 is 0 Å². The van der Waals surface area contributed by atoms with Gasteiger partial charge in [-0.25, -0.2) is 4.98 Å². The molecule has 8 heteroatoms. The molecule has 58 heavy (non-hydrogen) atoms. The minimum atomic E-state index is -1.47. The Balaban J connectivity index is 0.000000211. The van der Waals surface area contributed by atoms with Crippen molar-refractivity contribution in [3.8, 4) is 28.3 Å². The third kappa shape index (κ3) is 6.79. The summed E-state index contributed by atoms with van der Waals surface area (Å²) in [7, 11) is -1.47. The molecule has 0 amide bonds. The Bertz CT molecular complexity index is 3200. The van der Waals surface area contributed by atoms with Crippen LogP contribution in [0.3, 0.4) is 0 Å². The predicted molar refractivity (Wildman–Crippen MR) is 237 cm³/mol. The van der Waals surface area contributed by atoms with E-state index >= 15 is 0 Å². The van der Waals surface area contributed by atoms with Crippen molar-refractivity contribution in [2.45, 2.75) is 60.1 Å². The average Bonchev–Trinajstić information content (AvgIpc) is 3.92. The molecule has 0 spiro atoms. The number of fused-ring (bicyclic) bond motifs is 7. The van der Waals surface area contributed by atoms with Crippen molar-refractivity contribution in [3.05, 3.63) is 150 Å². The number of para-hydroxylation sites is 2. The second-order valence-corrected chi connectivity index (χ2v) is 21.1. The minimum Gasteiger partial charge on any atom is -0.486 e. The Morgan fingerprint density at radius 2 is 1.59 bits per heavy atom. The van der Waals surface area contributed by atoms with E-state index in [1.54, 1.807) is 6.20 Å². The first kappa shape index (κ1) is 36.7. The zero-order valence-corrected chi connectivity index (χ0v) is 37.0. The van der Waals surface area contributed by atoms with Crippen LogP contribution in [0.15, 0.2) is 124 Å². The maximum Gasteiger partial charge on any atom is 0.216 e. The zero-order valence-electron chi connectivity index (χ0n) is 35.6. The predicted octanol–water partition coefficient (Wildman–Crippen LogP) is 12.8. The summed E-state index contributed by atoms with van der Waals surface area (Å²) in [6.07, 6.45) is 3.65. The summed E-state index contributed by atoms with van der Waals surface area (Å²) >= 11 is 0. The Morgan fingerprint density at radius 3 is 2.36 bits per heavy atom. The number of aromatic nitrogens is 4. The summed E-state index contributed by atoms with van der Waals surface area (Å²) in [5.41, 5.74) is 12.6. The van der Waals surface area contributed by atoms with Crippen LogP contribution in [0.4, 0.5) is 0 Å². The first-order chi connectivity index (χ1) is 28.4. The molecule has 0 aliphatic heterocycles. The topological polar surface area (TPSA) is 69.9 Å². The number of aryl methyl sites for hydroxylation is 3. The molecule has 10 rings (SSSR count). The van der Waals surface area contributed by atoms with Gasteiger partial charge in [-0.15, -0.1) is 54.1 Å². The number of hydrogen-bond acceptors (Lipinski definition) is 5. The van der Waals surface area contributed by atoms with Gasteiger partial charge in [-0.05, 0) is 85.0 Å². The number of hydrogen-bond donors (Lipinski definition) is 0. The van der Waals surface area contributed by atoms with Crippen molar-refractivity contribution < 1.29 is 31.7 Å². The maximum atomic E-state index is 7.74. The second-order valence-electron chi connectivity index (χ2n) is 16.1. The molecule has 0 saturated carbocycles. The van der Waals surface area contributed by atoms with Gasteiger partial charge in [0.2, 0.25) is 5.71 Å². The normalized spacial score (nSPS) is 12.4. The molecule has 0 aliphatic carbocycles. The molecule has 0 saturated heterocycles. The summed E-state index contributed by atoms with van der Waals surface area (Å²) in [5, 5.41) is 5.43. The van der Waals surface area contributed by atoms with Crippen LogP contribution in [-0.2, 0) is 20.1 Å². The van der Waals surface area contributed by atoms with Crippen LogP contribution in [-0.4, -0.2) is 27.6 Å². The van der Waals surface area contributed by atoms with Gasteiger partial charge >= 0.3 is 0 Å². The van der Waals surface area contributed by atoms with Crippen LogP contribution < -0.4 is 5.19 Å². The van der Waals surface area contributed by atoms with Crippen molar-refractivity contribution in [1.29, 1.82) is 0 Å². The molecule has 5 heterocycles. The molecule has 5 aromatic carbocycles. The number of nitrogens with zero attached hydrogens (tertiary/aromatic N) is 4. The number of furan rings is 2. The molecule has 0 unspecified atom stereocenters. The van der Waals surface area contributed by atoms with Gasteiger partial charge in [0.25, 0.3) is 0 Å². The molecule has 6 nitrogen and oxygen atoms in total. The molecule has 0 atom stereocenters. The minimum absolute atomic E-state index is 0. The molecule has 0 aliphatic rings. The van der Waals surface area contributed by atoms with E-state index in [1.807, 2.05) is 72.9 Å². The molecule has 0 bridgehead atoms. The first-order valence-electron chi connectivity index (χ1n) is 20.5. The van der Waals surface area contributed by atoms with Gasteiger partial charge in [-0.3, -0.25) is 4.98 Å². The summed E-state index contributed by atoms with van der Waals surface area (Å²) < 4.78 is 30.6. The smallest absolute Gasteiger partial charge is 0.216 e. The van der Waals surface area contributed by atoms with Crippen molar-refractivity contribution >= 4 is 68.3 Å². The molecule has 291 valence electrons. The molecule has 0 N–H and O–H groups in total. The first-order valence-corrected chi connectivity index (χ1v) is 22.8. The van der Waals surface area contributed by atoms with Gasteiger partial charge in [-0.2, -0.15) is 0 Å². The summed E-state index contributed by atoms with van der Waals surface area (Å²) in [6.45, 7) is 14.4. The van der Waals surface area contributed by atoms with E-state index in [9.17, 15) is 0 Å². The van der Waals surface area contributed by atoms with Crippen molar-refractivity contribution in [1.82, 2.24) is 19.5 Å². The molecular weight excluding hydrogens is 909 g/mol. The standard InChI is InChI=1S/C35H26N3O2.C15H18NSi.Ir/c1-19(2)22-14-15-23-27-17-20(3)31(21(4)32(27)39-30(23)18-22)38-29-13-6-5-12-28(29)37-34(38)26-10-7-9-24-25-11-8-16-36-35(25)40-33(24)26;1-12-10-14(17(2,3)4)11-16-15(12)13-8-6-5-7-9-13;/h5-9,11-19H,1-4H3;5-8,10-11H,1-4H3;/q2*-1;/i;1D2;. The van der Waals surface area contributed by atoms with Gasteiger partial charge in [0, 0.05) is 62.7 Å². The number of benzene rings is 5. The molecular formula is C50H44IrN4O2Si-2. The van der Waals surface area contributed by atoms with Crippen molar-refractivity contribution in [2.24, 2.45) is 0 Å². The second kappa shape index (κ2) is 15.3. The van der Waals surface area contributed by atoms with E-state index in [0.29, 0.717) is 22.9 Å². The van der Waals surface area contributed by atoms with Crippen LogP contribution in [0.1, 0.15) is 44.8 Å². The van der Waals surface area contributed by atoms with E-state index in [2.05, 4.69) is 110 Å². The average molecular weight is 955 g/mol. The third-order valence-corrected chi connectivity index (χ3v) is 12.8. The Morgan fingerprint density at radius 1 is 0.759 bits per heavy atom. The van der Waals surface area contributed by atoms with Gasteiger partial charge in [0.15, 0.2) is 0 Å². The van der Waals surface area contributed by atoms with Gasteiger partial charge in [0.05, 0.1) is 30.5 Å². The Kier molecular flexibility index (Phi) is 9.64. The van der Waals surface area contributed by atoms with Gasteiger partial charge in [0.1, 0.15) is 11.2 Å². The monoisotopic (exact) mass is 955 g/mol. The van der Waals surface area contributed by atoms with E-state index in [1.165, 1.54) is 10.8 Å². The SMILES string of the molecule is Cc1cc2c(oc3cc(C(C)C)ccc32)c(C)c1-n1c(-c2[c-]ccc3c2oc2ncccc23)nc2ccccc21.[2H]C([2H])c1cc([Si](C)(C)C)cnc1-c1[c-]cccc1.[Ir]. The number of rotatable bonds is 5. The van der Waals surface area contributed by atoms with Crippen LogP contribution in [0.25, 0.3) is 83.4 Å². The fourth-order valence-corrected chi connectivity index (χ4v) is 8.81. The fourth-order valence-electron chi connectivity index (χ4n) is 7.77. The van der Waals surface area contributed by atoms with E-state index in [-0.39, 0.29) is 20.1 Å². The van der Waals surface area contributed by atoms with E-state index < -0.39 is 14.9 Å². The third-order valence-electron chi connectivity index (χ3n) is 10.8. The van der Waals surface area contributed by atoms with E-state index in [0.717, 1.165) is 83.1 Å². The number of imidazole rings is 1.